The molecule has 18 heavy (non-hydrogen) atoms. The van der Waals surface area contributed by atoms with E-state index >= 15 is 0 Å². The Morgan fingerprint density at radius 1 is 1.22 bits per heavy atom. The number of aryl methyl sites for hydroxylation is 1. The van der Waals surface area contributed by atoms with Crippen molar-refractivity contribution < 1.29 is 4.79 Å². The number of hydrogen-bond donors (Lipinski definition) is 0. The van der Waals surface area contributed by atoms with Gasteiger partial charge in [-0.2, -0.15) is 0 Å². The van der Waals surface area contributed by atoms with E-state index in [1.54, 1.807) is 0 Å². The first-order chi connectivity index (χ1) is 8.74. The Balaban J connectivity index is 2.01. The Morgan fingerprint density at radius 2 is 1.94 bits per heavy atom. The molecule has 0 heterocycles. The van der Waals surface area contributed by atoms with E-state index in [4.69, 9.17) is 0 Å². The van der Waals surface area contributed by atoms with Gasteiger partial charge in [-0.1, -0.05) is 38.0 Å². The average Bonchev–Trinajstić information content (AvgIpc) is 2.40. The van der Waals surface area contributed by atoms with Gasteiger partial charge in [-0.3, -0.25) is 4.79 Å². The van der Waals surface area contributed by atoms with Crippen molar-refractivity contribution in [1.82, 2.24) is 0 Å². The lowest BCUT2D eigenvalue weighted by Gasteiger charge is -2.28. The van der Waals surface area contributed by atoms with E-state index in [-0.39, 0.29) is 0 Å². The summed E-state index contributed by atoms with van der Waals surface area (Å²) in [5.41, 5.74) is 3.39. The zero-order chi connectivity index (χ0) is 13.0. The second-order valence-electron chi connectivity index (χ2n) is 5.74. The van der Waals surface area contributed by atoms with Gasteiger partial charge in [-0.25, -0.2) is 0 Å². The van der Waals surface area contributed by atoms with Crippen LogP contribution in [0.2, 0.25) is 0 Å². The van der Waals surface area contributed by atoms with E-state index < -0.39 is 0 Å². The lowest BCUT2D eigenvalue weighted by atomic mass is 9.77. The van der Waals surface area contributed by atoms with Crippen LogP contribution >= 0.6 is 0 Å². The molecule has 0 saturated heterocycles. The molecule has 0 N–H and O–H groups in total. The lowest BCUT2D eigenvalue weighted by Crippen LogP contribution is -2.13. The van der Waals surface area contributed by atoms with Gasteiger partial charge >= 0.3 is 0 Å². The van der Waals surface area contributed by atoms with Crippen LogP contribution in [0.4, 0.5) is 0 Å². The van der Waals surface area contributed by atoms with Crippen molar-refractivity contribution in [2.24, 2.45) is 5.92 Å². The number of carbonyl (C=O) groups is 1. The molecule has 1 aromatic rings. The summed E-state index contributed by atoms with van der Waals surface area (Å²) in [4.78, 5) is 10.8. The monoisotopic (exact) mass is 244 g/mol. The number of benzene rings is 1. The van der Waals surface area contributed by atoms with Crippen molar-refractivity contribution in [2.75, 3.05) is 0 Å². The first-order valence-electron chi connectivity index (χ1n) is 7.30. The number of hydrogen-bond acceptors (Lipinski definition) is 1. The van der Waals surface area contributed by atoms with Crippen LogP contribution in [-0.2, 0) is 0 Å². The maximum atomic E-state index is 10.8. The first-order valence-corrected chi connectivity index (χ1v) is 7.30. The van der Waals surface area contributed by atoms with Gasteiger partial charge in [0.25, 0.3) is 0 Å². The minimum absolute atomic E-state index is 0.720. The summed E-state index contributed by atoms with van der Waals surface area (Å²) in [5, 5.41) is 0. The third-order valence-corrected chi connectivity index (χ3v) is 4.44. The molecule has 0 amide bonds. The highest BCUT2D eigenvalue weighted by Gasteiger charge is 2.21. The van der Waals surface area contributed by atoms with Gasteiger partial charge < -0.3 is 0 Å². The highest BCUT2D eigenvalue weighted by atomic mass is 16.1. The van der Waals surface area contributed by atoms with Gasteiger partial charge in [0.2, 0.25) is 0 Å². The summed E-state index contributed by atoms with van der Waals surface area (Å²) >= 11 is 0. The third-order valence-electron chi connectivity index (χ3n) is 4.44. The molecule has 0 atom stereocenters. The molecular weight excluding hydrogens is 220 g/mol. The third kappa shape index (κ3) is 3.01. The highest BCUT2D eigenvalue weighted by molar-refractivity contribution is 5.77. The van der Waals surface area contributed by atoms with Gasteiger partial charge in [0.15, 0.2) is 0 Å². The van der Waals surface area contributed by atoms with Crippen molar-refractivity contribution in [3.63, 3.8) is 0 Å². The normalized spacial score (nSPS) is 23.9. The fraction of sp³-hybridized carbons (Fsp3) is 0.588. The standard InChI is InChI=1S/C17H24O/c1-3-4-14-5-7-15(8-6-14)16-9-10-17(12-18)13(2)11-16/h9-12,14-15H,3-8H2,1-2H3. The van der Waals surface area contributed by atoms with Gasteiger partial charge in [0.1, 0.15) is 6.29 Å². The van der Waals surface area contributed by atoms with E-state index in [0.29, 0.717) is 0 Å². The average molecular weight is 244 g/mol. The fourth-order valence-electron chi connectivity index (χ4n) is 3.28. The zero-order valence-electron chi connectivity index (χ0n) is 11.6. The zero-order valence-corrected chi connectivity index (χ0v) is 11.6. The van der Waals surface area contributed by atoms with Crippen LogP contribution in [0.15, 0.2) is 18.2 Å². The Labute approximate surface area is 111 Å². The van der Waals surface area contributed by atoms with Crippen LogP contribution in [0.3, 0.4) is 0 Å². The second-order valence-corrected chi connectivity index (χ2v) is 5.74. The van der Waals surface area contributed by atoms with Gasteiger partial charge in [-0.05, 0) is 55.6 Å². The maximum Gasteiger partial charge on any atom is 0.150 e. The minimum Gasteiger partial charge on any atom is -0.298 e. The summed E-state index contributed by atoms with van der Waals surface area (Å²) in [5.74, 6) is 1.68. The van der Waals surface area contributed by atoms with Gasteiger partial charge in [-0.15, -0.1) is 0 Å². The van der Waals surface area contributed by atoms with Crippen molar-refractivity contribution in [2.45, 2.75) is 58.3 Å². The summed E-state index contributed by atoms with van der Waals surface area (Å²) < 4.78 is 0. The van der Waals surface area contributed by atoms with Crippen LogP contribution < -0.4 is 0 Å². The maximum absolute atomic E-state index is 10.8. The number of aldehydes is 1. The molecule has 1 saturated carbocycles. The molecule has 1 fully saturated rings. The molecule has 0 spiro atoms. The molecule has 1 nitrogen and oxygen atoms in total. The Bertz CT molecular complexity index is 400. The van der Waals surface area contributed by atoms with Crippen LogP contribution in [0.1, 0.15) is 72.9 Å². The van der Waals surface area contributed by atoms with Crippen molar-refractivity contribution in [3.8, 4) is 0 Å². The highest BCUT2D eigenvalue weighted by Crippen LogP contribution is 2.37. The Hall–Kier alpha value is -1.11. The van der Waals surface area contributed by atoms with Crippen LogP contribution in [0, 0.1) is 12.8 Å². The Morgan fingerprint density at radius 3 is 2.50 bits per heavy atom. The van der Waals surface area contributed by atoms with Gasteiger partial charge in [0, 0.05) is 5.56 Å². The van der Waals surface area contributed by atoms with Crippen LogP contribution in [0.25, 0.3) is 0 Å². The molecule has 0 unspecified atom stereocenters. The molecule has 0 bridgehead atoms. The second kappa shape index (κ2) is 6.17. The van der Waals surface area contributed by atoms with Crippen LogP contribution in [0.5, 0.6) is 0 Å². The smallest absolute Gasteiger partial charge is 0.150 e. The summed E-state index contributed by atoms with van der Waals surface area (Å²) in [7, 11) is 0. The summed E-state index contributed by atoms with van der Waals surface area (Å²) in [6, 6.07) is 6.35. The molecular formula is C17H24O. The minimum atomic E-state index is 0.720. The largest absolute Gasteiger partial charge is 0.298 e. The molecule has 0 aromatic heterocycles. The molecule has 1 aromatic carbocycles. The SMILES string of the molecule is CCCC1CCC(c2ccc(C=O)c(C)c2)CC1. The molecule has 1 aliphatic carbocycles. The summed E-state index contributed by atoms with van der Waals surface area (Å²) in [6.07, 6.45) is 9.09. The fourth-order valence-corrected chi connectivity index (χ4v) is 3.28. The van der Waals surface area contributed by atoms with Crippen molar-refractivity contribution >= 4 is 6.29 Å². The van der Waals surface area contributed by atoms with Crippen molar-refractivity contribution in [3.05, 3.63) is 34.9 Å². The quantitative estimate of drug-likeness (QED) is 0.690. The molecule has 1 aliphatic rings. The Kier molecular flexibility index (Phi) is 4.57. The first kappa shape index (κ1) is 13.3. The predicted molar refractivity (Wildman–Crippen MR) is 76.2 cm³/mol. The van der Waals surface area contributed by atoms with E-state index in [0.717, 1.165) is 29.2 Å². The molecule has 1 heteroatoms. The van der Waals surface area contributed by atoms with E-state index in [1.165, 1.54) is 44.1 Å². The molecule has 0 radical (unpaired) electrons. The molecule has 2 rings (SSSR count). The number of rotatable bonds is 4. The van der Waals surface area contributed by atoms with E-state index in [1.807, 2.05) is 13.0 Å². The van der Waals surface area contributed by atoms with E-state index in [2.05, 4.69) is 19.1 Å². The summed E-state index contributed by atoms with van der Waals surface area (Å²) in [6.45, 7) is 4.32. The predicted octanol–water partition coefficient (Wildman–Crippen LogP) is 4.88. The number of carbonyl (C=O) groups excluding carboxylic acids is 1. The van der Waals surface area contributed by atoms with Crippen molar-refractivity contribution in [1.29, 1.82) is 0 Å². The van der Waals surface area contributed by atoms with E-state index in [9.17, 15) is 4.79 Å². The van der Waals surface area contributed by atoms with Gasteiger partial charge in [0.05, 0.1) is 0 Å². The topological polar surface area (TPSA) is 17.1 Å². The van der Waals surface area contributed by atoms with Crippen LogP contribution in [-0.4, -0.2) is 6.29 Å². The lowest BCUT2D eigenvalue weighted by molar-refractivity contribution is 0.112. The molecule has 0 aliphatic heterocycles. The molecule has 98 valence electrons.